The second-order valence-electron chi connectivity index (χ2n) is 8.59. The molecule has 0 radical (unpaired) electrons. The van der Waals surface area contributed by atoms with Crippen LogP contribution in [-0.2, 0) is 17.9 Å². The molecule has 5 rings (SSSR count). The van der Waals surface area contributed by atoms with Crippen LogP contribution in [0.1, 0.15) is 19.7 Å². The Hall–Kier alpha value is -4.26. The molecule has 0 saturated heterocycles. The highest BCUT2D eigenvalue weighted by Gasteiger charge is 2.21. The van der Waals surface area contributed by atoms with Gasteiger partial charge in [0, 0.05) is 16.8 Å². The third-order valence-corrected chi connectivity index (χ3v) is 6.10. The molecule has 7 nitrogen and oxygen atoms in total. The van der Waals surface area contributed by atoms with E-state index in [1.165, 1.54) is 0 Å². The lowest BCUT2D eigenvalue weighted by molar-refractivity contribution is -0.134. The molecular weight excluding hydrogens is 428 g/mol. The summed E-state index contributed by atoms with van der Waals surface area (Å²) in [6, 6.07) is 21.7. The van der Waals surface area contributed by atoms with Crippen LogP contribution in [0.5, 0.6) is 0 Å². The summed E-state index contributed by atoms with van der Waals surface area (Å²) < 4.78 is 1.89. The van der Waals surface area contributed by atoms with Crippen LogP contribution in [-0.4, -0.2) is 31.4 Å². The number of carbonyl (C=O) groups is 1. The van der Waals surface area contributed by atoms with Gasteiger partial charge in [-0.2, -0.15) is 0 Å². The van der Waals surface area contributed by atoms with Crippen molar-refractivity contribution in [3.8, 4) is 0 Å². The lowest BCUT2D eigenvalue weighted by atomic mass is 10.1. The molecule has 3 aromatic carbocycles. The maximum Gasteiger partial charge on any atom is 0.258 e. The topological polar surface area (TPSA) is 88.1 Å². The fourth-order valence-electron chi connectivity index (χ4n) is 4.40. The van der Waals surface area contributed by atoms with Gasteiger partial charge >= 0.3 is 0 Å². The van der Waals surface area contributed by atoms with Gasteiger partial charge in [-0.3, -0.25) is 14.4 Å². The van der Waals surface area contributed by atoms with Crippen molar-refractivity contribution in [2.45, 2.75) is 33.0 Å². The van der Waals surface area contributed by atoms with Crippen LogP contribution in [0, 0.1) is 0 Å². The Morgan fingerprint density at radius 2 is 1.44 bits per heavy atom. The zero-order valence-electron chi connectivity index (χ0n) is 19.0. The number of aromatic amines is 1. The summed E-state index contributed by atoms with van der Waals surface area (Å²) in [4.78, 5) is 48.2. The predicted octanol–water partition coefficient (Wildman–Crippen LogP) is 3.83. The molecule has 0 bridgehead atoms. The number of para-hydroxylation sites is 3. The van der Waals surface area contributed by atoms with Crippen LogP contribution in [0.25, 0.3) is 32.7 Å². The molecule has 170 valence electrons. The molecule has 0 aliphatic heterocycles. The van der Waals surface area contributed by atoms with E-state index in [4.69, 9.17) is 0 Å². The minimum atomic E-state index is -0.228. The predicted molar refractivity (Wildman–Crippen MR) is 134 cm³/mol. The Morgan fingerprint density at radius 3 is 2.06 bits per heavy atom. The molecule has 7 heteroatoms. The van der Waals surface area contributed by atoms with E-state index in [1.807, 2.05) is 60.9 Å². The number of benzene rings is 3. The van der Waals surface area contributed by atoms with Gasteiger partial charge in [0.15, 0.2) is 5.43 Å². The summed E-state index contributed by atoms with van der Waals surface area (Å²) in [5, 5.41) is 1.66. The van der Waals surface area contributed by atoms with Crippen LogP contribution in [0.15, 0.2) is 82.4 Å². The summed E-state index contributed by atoms with van der Waals surface area (Å²) in [5.74, 6) is 0.296. The van der Waals surface area contributed by atoms with E-state index >= 15 is 0 Å². The third-order valence-electron chi connectivity index (χ3n) is 6.10. The molecule has 1 N–H and O–H groups in total. The summed E-state index contributed by atoms with van der Waals surface area (Å²) >= 11 is 0. The van der Waals surface area contributed by atoms with Gasteiger partial charge in [-0.1, -0.05) is 36.4 Å². The Balaban J connectivity index is 1.55. The van der Waals surface area contributed by atoms with Gasteiger partial charge in [0.25, 0.3) is 5.56 Å². The highest BCUT2D eigenvalue weighted by atomic mass is 16.2. The molecule has 2 aromatic heterocycles. The molecule has 0 fully saturated rings. The Bertz CT molecular complexity index is 1610. The molecule has 0 aliphatic rings. The Labute approximate surface area is 195 Å². The van der Waals surface area contributed by atoms with Gasteiger partial charge < -0.3 is 14.5 Å². The number of carbonyl (C=O) groups excluding carboxylic acids is 1. The summed E-state index contributed by atoms with van der Waals surface area (Å²) in [7, 11) is 0. The highest BCUT2D eigenvalue weighted by Crippen LogP contribution is 2.20. The smallest absolute Gasteiger partial charge is 0.258 e. The van der Waals surface area contributed by atoms with Crippen LogP contribution >= 0.6 is 0 Å². The van der Waals surface area contributed by atoms with Crippen molar-refractivity contribution in [2.24, 2.45) is 0 Å². The van der Waals surface area contributed by atoms with Gasteiger partial charge in [-0.15, -0.1) is 0 Å². The molecule has 0 spiro atoms. The Morgan fingerprint density at radius 1 is 0.882 bits per heavy atom. The van der Waals surface area contributed by atoms with Gasteiger partial charge in [0.2, 0.25) is 5.91 Å². The largest absolute Gasteiger partial charge is 0.331 e. The zero-order valence-corrected chi connectivity index (χ0v) is 19.0. The normalized spacial score (nSPS) is 11.5. The van der Waals surface area contributed by atoms with E-state index < -0.39 is 0 Å². The van der Waals surface area contributed by atoms with Crippen LogP contribution in [0.2, 0.25) is 0 Å². The molecule has 0 saturated carbocycles. The van der Waals surface area contributed by atoms with Gasteiger partial charge in [-0.05, 0) is 50.2 Å². The molecule has 0 atom stereocenters. The number of H-pyrrole nitrogens is 1. The average Bonchev–Trinajstić information content (AvgIpc) is 2.85. The van der Waals surface area contributed by atoms with E-state index in [0.717, 1.165) is 0 Å². The Kier molecular flexibility index (Phi) is 5.45. The van der Waals surface area contributed by atoms with Gasteiger partial charge in [0.1, 0.15) is 12.4 Å². The first-order valence-electron chi connectivity index (χ1n) is 11.2. The van der Waals surface area contributed by atoms with Crippen LogP contribution < -0.4 is 11.0 Å². The first-order valence-corrected chi connectivity index (χ1v) is 11.2. The number of rotatable bonds is 5. The fraction of sp³-hybridized carbons (Fsp3) is 0.185. The third kappa shape index (κ3) is 3.75. The first kappa shape index (κ1) is 21.6. The van der Waals surface area contributed by atoms with Crippen molar-refractivity contribution in [1.29, 1.82) is 0 Å². The summed E-state index contributed by atoms with van der Waals surface area (Å²) in [6.07, 6.45) is 0. The first-order chi connectivity index (χ1) is 16.4. The van der Waals surface area contributed by atoms with Crippen molar-refractivity contribution in [2.75, 3.05) is 0 Å². The van der Waals surface area contributed by atoms with E-state index in [9.17, 15) is 14.4 Å². The summed E-state index contributed by atoms with van der Waals surface area (Å²) in [6.45, 7) is 4.08. The molecule has 2 heterocycles. The summed E-state index contributed by atoms with van der Waals surface area (Å²) in [5.41, 5.74) is 1.73. The molecule has 0 aliphatic carbocycles. The number of fused-ring (bicyclic) bond motifs is 3. The van der Waals surface area contributed by atoms with Crippen molar-refractivity contribution >= 4 is 38.6 Å². The monoisotopic (exact) mass is 452 g/mol. The average molecular weight is 453 g/mol. The second kappa shape index (κ2) is 8.59. The second-order valence-corrected chi connectivity index (χ2v) is 8.59. The van der Waals surface area contributed by atoms with E-state index in [0.29, 0.717) is 38.5 Å². The van der Waals surface area contributed by atoms with Crippen LogP contribution in [0.4, 0.5) is 0 Å². The molecule has 5 aromatic rings. The maximum absolute atomic E-state index is 13.6. The minimum absolute atomic E-state index is 0.0476. The molecule has 1 amide bonds. The highest BCUT2D eigenvalue weighted by molar-refractivity contribution is 5.94. The number of amides is 1. The molecule has 0 unspecified atom stereocenters. The number of nitrogens with one attached hydrogen (secondary N) is 1. The number of hydrogen-bond donors (Lipinski definition) is 1. The van der Waals surface area contributed by atoms with Gasteiger partial charge in [0.05, 0.1) is 28.5 Å². The van der Waals surface area contributed by atoms with Crippen molar-refractivity contribution in [3.63, 3.8) is 0 Å². The lowest BCUT2D eigenvalue weighted by Gasteiger charge is -2.27. The van der Waals surface area contributed by atoms with E-state index in [-0.39, 0.29) is 36.0 Å². The number of nitrogens with zero attached hydrogens (tertiary/aromatic N) is 3. The quantitative estimate of drug-likeness (QED) is 0.411. The van der Waals surface area contributed by atoms with Gasteiger partial charge in [-0.25, -0.2) is 4.98 Å². The van der Waals surface area contributed by atoms with Crippen LogP contribution in [0.3, 0.4) is 0 Å². The van der Waals surface area contributed by atoms with E-state index in [2.05, 4.69) is 9.97 Å². The SMILES string of the molecule is CC(C)N(Cc1nc2ccccc2c(=O)[nH]1)C(=O)Cn1c2ccccc2c(=O)c2ccccc21. The lowest BCUT2D eigenvalue weighted by Crippen LogP contribution is -2.39. The van der Waals surface area contributed by atoms with E-state index in [1.54, 1.807) is 35.2 Å². The number of aromatic nitrogens is 3. The van der Waals surface area contributed by atoms with Crippen molar-refractivity contribution in [3.05, 3.63) is 99.2 Å². The zero-order chi connectivity index (χ0) is 23.8. The van der Waals surface area contributed by atoms with Crippen molar-refractivity contribution in [1.82, 2.24) is 19.4 Å². The molecule has 34 heavy (non-hydrogen) atoms. The standard InChI is InChI=1S/C27H24N4O3/c1-17(2)30(15-24-28-21-12-6-3-9-18(21)27(34)29-24)25(32)16-31-22-13-7-4-10-19(22)26(33)20-11-5-8-14-23(20)31/h3-14,17H,15-16H2,1-2H3,(H,28,29,34). The molecular formula is C27H24N4O3. The maximum atomic E-state index is 13.6. The number of hydrogen-bond acceptors (Lipinski definition) is 4. The fourth-order valence-corrected chi connectivity index (χ4v) is 4.40. The number of pyridine rings is 1. The van der Waals surface area contributed by atoms with Crippen molar-refractivity contribution < 1.29 is 4.79 Å². The minimum Gasteiger partial charge on any atom is -0.331 e.